The van der Waals surface area contributed by atoms with Gasteiger partial charge in [0, 0.05) is 55.7 Å². The normalized spacial score (nSPS) is 31.3. The molecule has 3 atom stereocenters. The number of rotatable bonds is 3. The summed E-state index contributed by atoms with van der Waals surface area (Å²) >= 11 is 3.53. The van der Waals surface area contributed by atoms with Gasteiger partial charge in [-0.25, -0.2) is 0 Å². The van der Waals surface area contributed by atoms with Crippen molar-refractivity contribution < 1.29 is 4.79 Å². The zero-order valence-electron chi connectivity index (χ0n) is 13.4. The molecule has 1 amide bonds. The smallest absolute Gasteiger partial charge is 0.226 e. The SMILES string of the molecule is O=C(C1CC1c1cccc(Br)c1)N1CCC(N2CCNCC2)C1. The van der Waals surface area contributed by atoms with E-state index in [0.717, 1.165) is 56.6 Å². The second-order valence-electron chi connectivity index (χ2n) is 7.02. The Morgan fingerprint density at radius 3 is 2.83 bits per heavy atom. The monoisotopic (exact) mass is 377 g/mol. The summed E-state index contributed by atoms with van der Waals surface area (Å²) in [7, 11) is 0. The number of piperazine rings is 1. The van der Waals surface area contributed by atoms with Gasteiger partial charge in [0.05, 0.1) is 0 Å². The van der Waals surface area contributed by atoms with Gasteiger partial charge in [0.15, 0.2) is 0 Å². The second kappa shape index (κ2) is 6.54. The molecule has 5 heteroatoms. The zero-order chi connectivity index (χ0) is 15.8. The molecule has 3 fully saturated rings. The fourth-order valence-electron chi connectivity index (χ4n) is 4.10. The van der Waals surface area contributed by atoms with Crippen LogP contribution in [-0.2, 0) is 4.79 Å². The highest BCUT2D eigenvalue weighted by Crippen LogP contribution is 2.49. The van der Waals surface area contributed by atoms with Crippen LogP contribution in [-0.4, -0.2) is 61.0 Å². The van der Waals surface area contributed by atoms with Gasteiger partial charge in [-0.05, 0) is 36.5 Å². The molecule has 23 heavy (non-hydrogen) atoms. The van der Waals surface area contributed by atoms with Gasteiger partial charge in [-0.2, -0.15) is 0 Å². The molecule has 2 saturated heterocycles. The number of carbonyl (C=O) groups is 1. The maximum absolute atomic E-state index is 12.8. The van der Waals surface area contributed by atoms with Gasteiger partial charge in [-0.15, -0.1) is 0 Å². The Bertz CT molecular complexity index is 587. The van der Waals surface area contributed by atoms with E-state index < -0.39 is 0 Å². The van der Waals surface area contributed by atoms with Crippen molar-refractivity contribution >= 4 is 21.8 Å². The molecule has 3 unspecified atom stereocenters. The molecule has 1 aromatic carbocycles. The highest BCUT2D eigenvalue weighted by atomic mass is 79.9. The van der Waals surface area contributed by atoms with E-state index in [0.29, 0.717) is 17.9 Å². The van der Waals surface area contributed by atoms with Crippen LogP contribution in [0.2, 0.25) is 0 Å². The first-order valence-corrected chi connectivity index (χ1v) is 9.50. The molecule has 0 spiro atoms. The van der Waals surface area contributed by atoms with Crippen molar-refractivity contribution in [2.24, 2.45) is 5.92 Å². The minimum atomic E-state index is 0.214. The fourth-order valence-corrected chi connectivity index (χ4v) is 4.51. The van der Waals surface area contributed by atoms with Crippen LogP contribution in [0.15, 0.2) is 28.7 Å². The van der Waals surface area contributed by atoms with Crippen molar-refractivity contribution in [3.63, 3.8) is 0 Å². The van der Waals surface area contributed by atoms with E-state index in [1.54, 1.807) is 0 Å². The van der Waals surface area contributed by atoms with Gasteiger partial charge in [0.1, 0.15) is 0 Å². The second-order valence-corrected chi connectivity index (χ2v) is 7.93. The van der Waals surface area contributed by atoms with Crippen molar-refractivity contribution in [1.82, 2.24) is 15.1 Å². The van der Waals surface area contributed by atoms with Crippen LogP contribution in [0.5, 0.6) is 0 Å². The molecule has 1 aromatic rings. The molecule has 2 aliphatic heterocycles. The minimum Gasteiger partial charge on any atom is -0.341 e. The average Bonchev–Trinajstić information content (AvgIpc) is 3.23. The Hall–Kier alpha value is -0.910. The number of hydrogen-bond acceptors (Lipinski definition) is 3. The molecular weight excluding hydrogens is 354 g/mol. The van der Waals surface area contributed by atoms with Crippen LogP contribution in [0.4, 0.5) is 0 Å². The fraction of sp³-hybridized carbons (Fsp3) is 0.611. The highest BCUT2D eigenvalue weighted by molar-refractivity contribution is 9.10. The van der Waals surface area contributed by atoms with E-state index in [4.69, 9.17) is 0 Å². The van der Waals surface area contributed by atoms with Gasteiger partial charge in [-0.3, -0.25) is 9.69 Å². The molecule has 0 aromatic heterocycles. The van der Waals surface area contributed by atoms with Crippen LogP contribution < -0.4 is 5.32 Å². The lowest BCUT2D eigenvalue weighted by Crippen LogP contribution is -2.49. The number of nitrogens with one attached hydrogen (secondary N) is 1. The molecule has 1 saturated carbocycles. The maximum atomic E-state index is 12.8. The maximum Gasteiger partial charge on any atom is 0.226 e. The first-order valence-electron chi connectivity index (χ1n) is 8.71. The van der Waals surface area contributed by atoms with E-state index >= 15 is 0 Å². The zero-order valence-corrected chi connectivity index (χ0v) is 15.0. The standard InChI is InChI=1S/C18H24BrN3O/c19-14-3-1-2-13(10-14)16-11-17(16)18(23)22-7-4-15(12-22)21-8-5-20-6-9-21/h1-3,10,15-17,20H,4-9,11-12H2. The number of nitrogens with zero attached hydrogens (tertiary/aromatic N) is 2. The summed E-state index contributed by atoms with van der Waals surface area (Å²) in [5.74, 6) is 1.02. The third kappa shape index (κ3) is 3.32. The quantitative estimate of drug-likeness (QED) is 0.875. The van der Waals surface area contributed by atoms with Gasteiger partial charge in [0.25, 0.3) is 0 Å². The molecule has 4 rings (SSSR count). The largest absolute Gasteiger partial charge is 0.341 e. The van der Waals surface area contributed by atoms with Crippen molar-refractivity contribution in [2.75, 3.05) is 39.3 Å². The number of halogens is 1. The van der Waals surface area contributed by atoms with Crippen LogP contribution in [0.25, 0.3) is 0 Å². The van der Waals surface area contributed by atoms with Crippen LogP contribution >= 0.6 is 15.9 Å². The number of likely N-dealkylation sites (tertiary alicyclic amines) is 1. The van der Waals surface area contributed by atoms with Crippen LogP contribution in [0, 0.1) is 5.92 Å². The molecule has 1 aliphatic carbocycles. The summed E-state index contributed by atoms with van der Waals surface area (Å²) in [5.41, 5.74) is 1.30. The Balaban J connectivity index is 1.34. The van der Waals surface area contributed by atoms with Crippen molar-refractivity contribution in [1.29, 1.82) is 0 Å². The Labute approximate surface area is 146 Å². The lowest BCUT2D eigenvalue weighted by molar-refractivity contribution is -0.131. The van der Waals surface area contributed by atoms with E-state index in [2.05, 4.69) is 49.2 Å². The number of amides is 1. The summed E-state index contributed by atoms with van der Waals surface area (Å²) in [6.45, 7) is 6.28. The molecule has 124 valence electrons. The molecule has 0 radical (unpaired) electrons. The molecule has 0 bridgehead atoms. The van der Waals surface area contributed by atoms with Gasteiger partial charge >= 0.3 is 0 Å². The Morgan fingerprint density at radius 1 is 1.22 bits per heavy atom. The molecule has 1 N–H and O–H groups in total. The predicted molar refractivity (Wildman–Crippen MR) is 94.4 cm³/mol. The summed E-state index contributed by atoms with van der Waals surface area (Å²) < 4.78 is 1.10. The third-order valence-electron chi connectivity index (χ3n) is 5.53. The summed E-state index contributed by atoms with van der Waals surface area (Å²) in [5, 5.41) is 3.40. The number of hydrogen-bond donors (Lipinski definition) is 1. The topological polar surface area (TPSA) is 35.6 Å². The summed E-state index contributed by atoms with van der Waals surface area (Å²) in [6, 6.07) is 8.99. The highest BCUT2D eigenvalue weighted by Gasteiger charge is 2.47. The van der Waals surface area contributed by atoms with Crippen molar-refractivity contribution in [3.8, 4) is 0 Å². The van der Waals surface area contributed by atoms with Gasteiger partial charge in [-0.1, -0.05) is 28.1 Å². The minimum absolute atomic E-state index is 0.214. The van der Waals surface area contributed by atoms with Gasteiger partial charge < -0.3 is 10.2 Å². The Kier molecular flexibility index (Phi) is 4.43. The predicted octanol–water partition coefficient (Wildman–Crippen LogP) is 2.06. The first-order chi connectivity index (χ1) is 11.2. The van der Waals surface area contributed by atoms with Crippen LogP contribution in [0.1, 0.15) is 24.3 Å². The summed E-state index contributed by atoms with van der Waals surface area (Å²) in [4.78, 5) is 17.5. The number of benzene rings is 1. The summed E-state index contributed by atoms with van der Waals surface area (Å²) in [6.07, 6.45) is 2.16. The Morgan fingerprint density at radius 2 is 2.04 bits per heavy atom. The lowest BCUT2D eigenvalue weighted by Gasteiger charge is -2.32. The number of carbonyl (C=O) groups excluding carboxylic acids is 1. The van der Waals surface area contributed by atoms with E-state index in [9.17, 15) is 4.79 Å². The van der Waals surface area contributed by atoms with E-state index in [1.807, 2.05) is 6.07 Å². The molecule has 2 heterocycles. The molecule has 3 aliphatic rings. The first kappa shape index (κ1) is 15.6. The van der Waals surface area contributed by atoms with E-state index in [1.165, 1.54) is 5.56 Å². The van der Waals surface area contributed by atoms with E-state index in [-0.39, 0.29) is 5.92 Å². The van der Waals surface area contributed by atoms with Crippen molar-refractivity contribution in [2.45, 2.75) is 24.8 Å². The third-order valence-corrected chi connectivity index (χ3v) is 6.02. The van der Waals surface area contributed by atoms with Crippen molar-refractivity contribution in [3.05, 3.63) is 34.3 Å². The molecular formula is C18H24BrN3O. The molecule has 4 nitrogen and oxygen atoms in total. The average molecular weight is 378 g/mol. The lowest BCUT2D eigenvalue weighted by atomic mass is 10.1. The van der Waals surface area contributed by atoms with Crippen LogP contribution in [0.3, 0.4) is 0 Å². The van der Waals surface area contributed by atoms with Gasteiger partial charge in [0.2, 0.25) is 5.91 Å².